The highest BCUT2D eigenvalue weighted by Crippen LogP contribution is 2.64. The highest BCUT2D eigenvalue weighted by molar-refractivity contribution is 6.06. The van der Waals surface area contributed by atoms with Gasteiger partial charge in [0.1, 0.15) is 0 Å². The lowest BCUT2D eigenvalue weighted by atomic mass is 9.62. The van der Waals surface area contributed by atoms with E-state index in [9.17, 15) is 0 Å². The molecule has 3 aromatic rings. The molecule has 314 valence electrons. The Morgan fingerprint density at radius 2 is 1.29 bits per heavy atom. The van der Waals surface area contributed by atoms with Crippen LogP contribution in [0.4, 0.5) is 5.69 Å². The van der Waals surface area contributed by atoms with Crippen molar-refractivity contribution in [2.24, 2.45) is 23.7 Å². The molecule has 0 fully saturated rings. The van der Waals surface area contributed by atoms with E-state index in [4.69, 9.17) is 0 Å². The molecular formula is C60H64N2. The maximum absolute atomic E-state index is 2.73. The van der Waals surface area contributed by atoms with Crippen molar-refractivity contribution in [3.8, 4) is 11.1 Å². The van der Waals surface area contributed by atoms with Crippen LogP contribution in [0.2, 0.25) is 0 Å². The fourth-order valence-electron chi connectivity index (χ4n) is 12.8. The van der Waals surface area contributed by atoms with Gasteiger partial charge in [-0.15, -0.1) is 0 Å². The van der Waals surface area contributed by atoms with Gasteiger partial charge in [-0.2, -0.15) is 0 Å². The van der Waals surface area contributed by atoms with Crippen molar-refractivity contribution >= 4 is 16.5 Å². The topological polar surface area (TPSA) is 6.48 Å². The number of fused-ring (bicyclic) bond motifs is 10. The van der Waals surface area contributed by atoms with E-state index in [1.54, 1.807) is 11.1 Å². The zero-order valence-corrected chi connectivity index (χ0v) is 38.4. The van der Waals surface area contributed by atoms with Crippen molar-refractivity contribution < 1.29 is 0 Å². The standard InChI is InChI=1S/C60H64N2/c1-37-17-25-41(26-18-37)61(42-27-19-38(2)20-28-42)55-35-51-49-33-54-50(34-53(49)59(5,6)57(51)47-15-11-9-13-45(47)55)52-36-56(46-14-10-12-16-48(46)58(52)60(54,7)8)62(43-29-21-39(3)22-30-43)44-31-23-40(4)24-32-44/h9-15,17,19,21,23,25-27,29-31,33-37,39,48,52,58H,16,18,20,22,24,28,32H2,1-8H3. The van der Waals surface area contributed by atoms with Crippen LogP contribution in [0.15, 0.2) is 173 Å². The van der Waals surface area contributed by atoms with Gasteiger partial charge in [0.2, 0.25) is 0 Å². The van der Waals surface area contributed by atoms with Crippen molar-refractivity contribution in [2.75, 3.05) is 4.90 Å². The molecule has 2 nitrogen and oxygen atoms in total. The van der Waals surface area contributed by atoms with Gasteiger partial charge in [-0.3, -0.25) is 0 Å². The smallest absolute Gasteiger partial charge is 0.0543 e. The van der Waals surface area contributed by atoms with Gasteiger partial charge >= 0.3 is 0 Å². The summed E-state index contributed by atoms with van der Waals surface area (Å²) < 4.78 is 0. The molecule has 5 atom stereocenters. The van der Waals surface area contributed by atoms with Gasteiger partial charge in [0.25, 0.3) is 0 Å². The first-order valence-corrected chi connectivity index (χ1v) is 23.8. The minimum Gasteiger partial charge on any atom is -0.315 e. The Labute approximate surface area is 371 Å². The summed E-state index contributed by atoms with van der Waals surface area (Å²) in [4.78, 5) is 5.29. The average molecular weight is 813 g/mol. The summed E-state index contributed by atoms with van der Waals surface area (Å²) in [6.07, 6.45) is 41.6. The van der Waals surface area contributed by atoms with E-state index in [0.717, 1.165) is 44.9 Å². The molecule has 0 saturated heterocycles. The molecule has 8 aliphatic rings. The molecule has 3 aromatic carbocycles. The van der Waals surface area contributed by atoms with Crippen LogP contribution >= 0.6 is 0 Å². The summed E-state index contributed by atoms with van der Waals surface area (Å²) in [6.45, 7) is 19.4. The molecule has 8 aliphatic carbocycles. The Bertz CT molecular complexity index is 2790. The van der Waals surface area contributed by atoms with Crippen LogP contribution in [-0.4, -0.2) is 4.90 Å². The first-order chi connectivity index (χ1) is 29.9. The molecule has 0 aliphatic heterocycles. The number of rotatable bonds is 6. The van der Waals surface area contributed by atoms with Gasteiger partial charge in [0, 0.05) is 45.2 Å². The molecule has 0 bridgehead atoms. The van der Waals surface area contributed by atoms with Gasteiger partial charge in [0.05, 0.1) is 5.69 Å². The number of hydrogen-bond donors (Lipinski definition) is 0. The van der Waals surface area contributed by atoms with E-state index in [2.05, 4.69) is 193 Å². The molecule has 0 amide bonds. The third-order valence-electron chi connectivity index (χ3n) is 16.2. The monoisotopic (exact) mass is 813 g/mol. The number of allylic oxidation sites excluding steroid dienone is 19. The lowest BCUT2D eigenvalue weighted by Crippen LogP contribution is -2.39. The van der Waals surface area contributed by atoms with E-state index >= 15 is 0 Å². The van der Waals surface area contributed by atoms with Crippen LogP contribution in [0.3, 0.4) is 0 Å². The van der Waals surface area contributed by atoms with Crippen molar-refractivity contribution in [3.05, 3.63) is 195 Å². The van der Waals surface area contributed by atoms with Crippen LogP contribution in [0, 0.1) is 23.7 Å². The van der Waals surface area contributed by atoms with Crippen molar-refractivity contribution in [1.29, 1.82) is 0 Å². The zero-order valence-electron chi connectivity index (χ0n) is 38.4. The molecule has 0 aromatic heterocycles. The minimum atomic E-state index is -0.161. The molecule has 0 spiro atoms. The molecular weight excluding hydrogens is 749 g/mol. The predicted molar refractivity (Wildman–Crippen MR) is 263 cm³/mol. The SMILES string of the molecule is CC1=CC=C(N(C2=CCC(C)C=C2)C2=CC3c4cc5c(cc4C(C)(C)C3C3CC=CC=C23)-c2cc(N(C3=CCC(C)C=C3)C3=CC=C(C)CC3)c3ccccc3c2C5(C)C)CC1. The molecule has 0 radical (unpaired) electrons. The van der Waals surface area contributed by atoms with Crippen LogP contribution in [-0.2, 0) is 10.8 Å². The Balaban J connectivity index is 1.10. The van der Waals surface area contributed by atoms with Crippen LogP contribution in [0.25, 0.3) is 21.9 Å². The normalized spacial score (nSPS) is 27.3. The minimum absolute atomic E-state index is 0.00959. The van der Waals surface area contributed by atoms with Gasteiger partial charge in [-0.05, 0) is 169 Å². The van der Waals surface area contributed by atoms with E-state index in [1.807, 2.05) is 0 Å². The van der Waals surface area contributed by atoms with Crippen molar-refractivity contribution in [1.82, 2.24) is 4.90 Å². The summed E-state index contributed by atoms with van der Waals surface area (Å²) in [7, 11) is 0. The van der Waals surface area contributed by atoms with E-state index < -0.39 is 0 Å². The summed E-state index contributed by atoms with van der Waals surface area (Å²) >= 11 is 0. The first kappa shape index (κ1) is 39.5. The summed E-state index contributed by atoms with van der Waals surface area (Å²) in [5.41, 5.74) is 21.3. The van der Waals surface area contributed by atoms with E-state index in [1.165, 1.54) is 83.9 Å². The molecule has 5 unspecified atom stereocenters. The fourth-order valence-corrected chi connectivity index (χ4v) is 12.8. The second kappa shape index (κ2) is 14.6. The lowest BCUT2D eigenvalue weighted by molar-refractivity contribution is 0.229. The van der Waals surface area contributed by atoms with Crippen LogP contribution in [0.1, 0.15) is 129 Å². The maximum Gasteiger partial charge on any atom is 0.0543 e. The zero-order chi connectivity index (χ0) is 42.7. The van der Waals surface area contributed by atoms with Crippen LogP contribution in [0.5, 0.6) is 0 Å². The molecule has 11 rings (SSSR count). The summed E-state index contributed by atoms with van der Waals surface area (Å²) in [6, 6.07) is 17.3. The second-order valence-electron chi connectivity index (χ2n) is 21.1. The van der Waals surface area contributed by atoms with Gasteiger partial charge in [-0.1, -0.05) is 144 Å². The molecule has 2 heteroatoms. The van der Waals surface area contributed by atoms with Crippen LogP contribution < -0.4 is 4.90 Å². The highest BCUT2D eigenvalue weighted by Gasteiger charge is 2.54. The highest BCUT2D eigenvalue weighted by atomic mass is 15.2. The van der Waals surface area contributed by atoms with Crippen molar-refractivity contribution in [3.63, 3.8) is 0 Å². The third kappa shape index (κ3) is 6.10. The largest absolute Gasteiger partial charge is 0.315 e. The average Bonchev–Trinajstić information content (AvgIpc) is 3.64. The number of anilines is 1. The molecule has 62 heavy (non-hydrogen) atoms. The van der Waals surface area contributed by atoms with E-state index in [-0.39, 0.29) is 10.8 Å². The van der Waals surface area contributed by atoms with E-state index in [0.29, 0.717) is 29.6 Å². The molecule has 0 N–H and O–H groups in total. The molecule has 0 heterocycles. The quantitative estimate of drug-likeness (QED) is 0.245. The number of benzene rings is 3. The Morgan fingerprint density at radius 1 is 0.645 bits per heavy atom. The lowest BCUT2D eigenvalue weighted by Gasteiger charge is -2.46. The predicted octanol–water partition coefficient (Wildman–Crippen LogP) is 15.9. The molecule has 0 saturated carbocycles. The summed E-state index contributed by atoms with van der Waals surface area (Å²) in [5, 5.41) is 2.72. The fraction of sp³-hybridized carbons (Fsp3) is 0.367. The Hall–Kier alpha value is -5.34. The summed E-state index contributed by atoms with van der Waals surface area (Å²) in [5.74, 6) is 2.38. The second-order valence-corrected chi connectivity index (χ2v) is 21.1. The van der Waals surface area contributed by atoms with Gasteiger partial charge in [0.15, 0.2) is 0 Å². The van der Waals surface area contributed by atoms with Gasteiger partial charge in [-0.25, -0.2) is 0 Å². The Kier molecular flexibility index (Phi) is 9.31. The maximum atomic E-state index is 2.73. The Morgan fingerprint density at radius 3 is 1.92 bits per heavy atom. The number of hydrogen-bond acceptors (Lipinski definition) is 2. The first-order valence-electron chi connectivity index (χ1n) is 23.8. The number of nitrogens with zero attached hydrogens (tertiary/aromatic N) is 2. The third-order valence-corrected chi connectivity index (χ3v) is 16.2. The van der Waals surface area contributed by atoms with Gasteiger partial charge < -0.3 is 9.80 Å². The van der Waals surface area contributed by atoms with Crippen molar-refractivity contribution in [2.45, 2.75) is 117 Å².